The molecule has 1 saturated heterocycles. The lowest BCUT2D eigenvalue weighted by molar-refractivity contribution is -0.383. The molecular weight excluding hydrogens is 350 g/mol. The maximum Gasteiger partial charge on any atom is 0.410 e. The molecule has 1 amide bonds. The first-order valence-electron chi connectivity index (χ1n) is 8.85. The van der Waals surface area contributed by atoms with Gasteiger partial charge in [0.25, 0.3) is 11.2 Å². The predicted octanol–water partition coefficient (Wildman–Crippen LogP) is 3.40. The zero-order valence-electron chi connectivity index (χ0n) is 15.9. The number of nitrogens with zero attached hydrogens (tertiary/aromatic N) is 3. The average Bonchev–Trinajstić information content (AvgIpc) is 3.03. The molecule has 1 aromatic heterocycles. The summed E-state index contributed by atoms with van der Waals surface area (Å²) in [5.41, 5.74) is -0.391. The number of amides is 1. The first-order chi connectivity index (χ1) is 12.6. The summed E-state index contributed by atoms with van der Waals surface area (Å²) in [6.07, 6.45) is 1.81. The molecule has 0 saturated carbocycles. The third-order valence-electron chi connectivity index (χ3n) is 4.68. The molecule has 1 aliphatic rings. The molecule has 3 rings (SSSR count). The maximum absolute atomic E-state index is 12.9. The minimum absolute atomic E-state index is 0.0430. The van der Waals surface area contributed by atoms with Crippen molar-refractivity contribution in [2.75, 3.05) is 13.1 Å². The molecule has 27 heavy (non-hydrogen) atoms. The Kier molecular flexibility index (Phi) is 4.67. The van der Waals surface area contributed by atoms with E-state index in [1.165, 1.54) is 0 Å². The lowest BCUT2D eigenvalue weighted by Gasteiger charge is -2.24. The number of hydrogen-bond acceptors (Lipinski definition) is 5. The number of fused-ring (bicyclic) bond motifs is 1. The van der Waals surface area contributed by atoms with Gasteiger partial charge in [-0.3, -0.25) is 14.9 Å². The minimum atomic E-state index is -0.578. The van der Waals surface area contributed by atoms with Crippen LogP contribution in [0.15, 0.2) is 29.2 Å². The van der Waals surface area contributed by atoms with E-state index in [2.05, 4.69) is 0 Å². The molecule has 0 N–H and O–H groups in total. The van der Waals surface area contributed by atoms with E-state index in [9.17, 15) is 19.7 Å². The fourth-order valence-corrected chi connectivity index (χ4v) is 3.42. The van der Waals surface area contributed by atoms with Crippen molar-refractivity contribution in [2.24, 2.45) is 0 Å². The number of pyridine rings is 1. The van der Waals surface area contributed by atoms with Gasteiger partial charge in [-0.25, -0.2) is 4.79 Å². The van der Waals surface area contributed by atoms with Crippen LogP contribution in [0.5, 0.6) is 0 Å². The van der Waals surface area contributed by atoms with E-state index >= 15 is 0 Å². The number of carbonyl (C=O) groups is 1. The Balaban J connectivity index is 1.92. The number of rotatable bonds is 2. The Bertz CT molecular complexity index is 974. The molecule has 2 aromatic rings. The molecule has 144 valence electrons. The Morgan fingerprint density at radius 1 is 1.26 bits per heavy atom. The van der Waals surface area contributed by atoms with Gasteiger partial charge in [0.2, 0.25) is 0 Å². The summed E-state index contributed by atoms with van der Waals surface area (Å²) in [4.78, 5) is 37.6. The topological polar surface area (TPSA) is 94.7 Å². The van der Waals surface area contributed by atoms with Crippen LogP contribution in [0.4, 0.5) is 10.5 Å². The van der Waals surface area contributed by atoms with E-state index in [1.807, 2.05) is 0 Å². The van der Waals surface area contributed by atoms with Crippen molar-refractivity contribution in [1.29, 1.82) is 0 Å². The Hall–Kier alpha value is -2.90. The van der Waals surface area contributed by atoms with Crippen molar-refractivity contribution in [3.63, 3.8) is 0 Å². The molecule has 2 heterocycles. The van der Waals surface area contributed by atoms with Gasteiger partial charge in [0.05, 0.1) is 21.7 Å². The van der Waals surface area contributed by atoms with Crippen molar-refractivity contribution in [2.45, 2.75) is 45.8 Å². The zero-order valence-corrected chi connectivity index (χ0v) is 15.9. The van der Waals surface area contributed by atoms with Gasteiger partial charge < -0.3 is 14.2 Å². The highest BCUT2D eigenvalue weighted by atomic mass is 16.6. The van der Waals surface area contributed by atoms with E-state index < -0.39 is 16.6 Å². The van der Waals surface area contributed by atoms with Crippen LogP contribution in [-0.4, -0.2) is 39.2 Å². The first-order valence-corrected chi connectivity index (χ1v) is 8.85. The third kappa shape index (κ3) is 3.65. The van der Waals surface area contributed by atoms with Gasteiger partial charge in [0.15, 0.2) is 0 Å². The molecule has 0 radical (unpaired) electrons. The van der Waals surface area contributed by atoms with E-state index in [0.717, 1.165) is 0 Å². The van der Waals surface area contributed by atoms with Crippen LogP contribution in [0.3, 0.4) is 0 Å². The van der Waals surface area contributed by atoms with Gasteiger partial charge in [-0.05, 0) is 46.2 Å². The molecule has 8 nitrogen and oxygen atoms in total. The minimum Gasteiger partial charge on any atom is -0.444 e. The summed E-state index contributed by atoms with van der Waals surface area (Å²) in [5.74, 6) is 0. The molecule has 8 heteroatoms. The fraction of sp³-hybridized carbons (Fsp3) is 0.474. The van der Waals surface area contributed by atoms with Crippen molar-refractivity contribution in [3.8, 4) is 0 Å². The maximum atomic E-state index is 12.9. The molecule has 0 spiro atoms. The number of nitro groups is 1. The lowest BCUT2D eigenvalue weighted by atomic mass is 10.1. The standard InChI is InChI=1S/C19H23N3O5/c1-12-5-6-15-14(16(12)22(25)26)8-10-21(17(15)23)13-7-9-20(11-13)18(24)27-19(2,3)4/h5-6,8,10,13H,7,9,11H2,1-4H3/t13-/m0/s1. The summed E-state index contributed by atoms with van der Waals surface area (Å²) >= 11 is 0. The zero-order chi connectivity index (χ0) is 19.9. The number of ether oxygens (including phenoxy) is 1. The highest BCUT2D eigenvalue weighted by Gasteiger charge is 2.31. The SMILES string of the molecule is Cc1ccc2c(=O)n([C@H]3CCN(C(=O)OC(C)(C)C)C3)ccc2c1[N+](=O)[O-]. The van der Waals surface area contributed by atoms with E-state index in [1.54, 1.807) is 61.6 Å². The van der Waals surface area contributed by atoms with Crippen molar-refractivity contribution in [3.05, 3.63) is 50.4 Å². The molecule has 1 fully saturated rings. The first kappa shape index (κ1) is 18.9. The number of hydrogen-bond donors (Lipinski definition) is 0. The van der Waals surface area contributed by atoms with Crippen LogP contribution in [0, 0.1) is 17.0 Å². The Morgan fingerprint density at radius 2 is 1.96 bits per heavy atom. The highest BCUT2D eigenvalue weighted by Crippen LogP contribution is 2.29. The summed E-state index contributed by atoms with van der Waals surface area (Å²) in [6, 6.07) is 4.64. The molecule has 0 unspecified atom stereocenters. The number of likely N-dealkylation sites (tertiary alicyclic amines) is 1. The van der Waals surface area contributed by atoms with Gasteiger partial charge >= 0.3 is 6.09 Å². The van der Waals surface area contributed by atoms with Crippen LogP contribution in [-0.2, 0) is 4.74 Å². The number of aryl methyl sites for hydroxylation is 1. The predicted molar refractivity (Wildman–Crippen MR) is 101 cm³/mol. The average molecular weight is 373 g/mol. The molecule has 0 aliphatic carbocycles. The normalized spacial score (nSPS) is 17.3. The van der Waals surface area contributed by atoms with Gasteiger partial charge in [-0.1, -0.05) is 6.07 Å². The molecule has 0 bridgehead atoms. The lowest BCUT2D eigenvalue weighted by Crippen LogP contribution is -2.36. The van der Waals surface area contributed by atoms with Crippen LogP contribution in [0.1, 0.15) is 38.8 Å². The van der Waals surface area contributed by atoms with Gasteiger partial charge in [0, 0.05) is 24.8 Å². The van der Waals surface area contributed by atoms with Crippen molar-refractivity contribution >= 4 is 22.6 Å². The summed E-state index contributed by atoms with van der Waals surface area (Å²) in [5, 5.41) is 12.0. The number of benzene rings is 1. The van der Waals surface area contributed by atoms with Crippen LogP contribution in [0.25, 0.3) is 10.8 Å². The van der Waals surface area contributed by atoms with Crippen molar-refractivity contribution in [1.82, 2.24) is 9.47 Å². The van der Waals surface area contributed by atoms with Gasteiger partial charge in [-0.2, -0.15) is 0 Å². The molecular formula is C19H23N3O5. The second-order valence-electron chi connectivity index (χ2n) is 7.85. The number of aromatic nitrogens is 1. The summed E-state index contributed by atoms with van der Waals surface area (Å²) in [6.45, 7) is 7.94. The van der Waals surface area contributed by atoms with Gasteiger partial charge in [0.1, 0.15) is 5.60 Å². The quantitative estimate of drug-likeness (QED) is 0.594. The number of nitro benzene ring substituents is 1. The van der Waals surface area contributed by atoms with Crippen LogP contribution in [0.2, 0.25) is 0 Å². The van der Waals surface area contributed by atoms with Crippen LogP contribution < -0.4 is 5.56 Å². The van der Waals surface area contributed by atoms with E-state index in [0.29, 0.717) is 35.8 Å². The monoisotopic (exact) mass is 373 g/mol. The van der Waals surface area contributed by atoms with E-state index in [-0.39, 0.29) is 17.3 Å². The Morgan fingerprint density at radius 3 is 2.59 bits per heavy atom. The summed E-state index contributed by atoms with van der Waals surface area (Å²) < 4.78 is 6.95. The van der Waals surface area contributed by atoms with Gasteiger partial charge in [-0.15, -0.1) is 0 Å². The third-order valence-corrected chi connectivity index (χ3v) is 4.68. The summed E-state index contributed by atoms with van der Waals surface area (Å²) in [7, 11) is 0. The van der Waals surface area contributed by atoms with Crippen molar-refractivity contribution < 1.29 is 14.5 Å². The smallest absolute Gasteiger partial charge is 0.410 e. The Labute approximate surface area is 156 Å². The number of carbonyl (C=O) groups excluding carboxylic acids is 1. The second-order valence-corrected chi connectivity index (χ2v) is 7.85. The highest BCUT2D eigenvalue weighted by molar-refractivity contribution is 5.91. The largest absolute Gasteiger partial charge is 0.444 e. The second kappa shape index (κ2) is 6.68. The van der Waals surface area contributed by atoms with E-state index in [4.69, 9.17) is 4.74 Å². The molecule has 1 atom stereocenters. The molecule has 1 aliphatic heterocycles. The fourth-order valence-electron chi connectivity index (χ4n) is 3.42. The van der Waals surface area contributed by atoms with Crippen LogP contribution >= 0.6 is 0 Å². The molecule has 1 aromatic carbocycles.